The molecule has 3 aromatic rings. The quantitative estimate of drug-likeness (QED) is 0.354. The lowest BCUT2D eigenvalue weighted by molar-refractivity contribution is -0.138. The van der Waals surface area contributed by atoms with Crippen LogP contribution >= 0.6 is 0 Å². The van der Waals surface area contributed by atoms with Crippen molar-refractivity contribution in [2.45, 2.75) is 38.3 Å². The smallest absolute Gasteiger partial charge is 0.289 e. The van der Waals surface area contributed by atoms with E-state index in [1.54, 1.807) is 0 Å². The van der Waals surface area contributed by atoms with Crippen LogP contribution < -0.4 is 21.3 Å². The van der Waals surface area contributed by atoms with Gasteiger partial charge in [-0.1, -0.05) is 78.9 Å². The lowest BCUT2D eigenvalue weighted by Gasteiger charge is -2.19. The van der Waals surface area contributed by atoms with E-state index in [-0.39, 0.29) is 31.8 Å². The molecule has 0 spiro atoms. The van der Waals surface area contributed by atoms with Crippen molar-refractivity contribution in [1.82, 2.24) is 21.3 Å². The molecular weight excluding hydrogens is 508 g/mol. The molecule has 0 saturated carbocycles. The molecule has 1 aliphatic rings. The maximum absolute atomic E-state index is 13.0. The zero-order valence-electron chi connectivity index (χ0n) is 22.1. The first-order chi connectivity index (χ1) is 19.4. The highest BCUT2D eigenvalue weighted by molar-refractivity contribution is 6.37. The van der Waals surface area contributed by atoms with Crippen molar-refractivity contribution in [3.8, 4) is 11.1 Å². The van der Waals surface area contributed by atoms with Gasteiger partial charge < -0.3 is 21.3 Å². The average molecular weight is 541 g/mol. The Labute approximate surface area is 232 Å². The summed E-state index contributed by atoms with van der Waals surface area (Å²) >= 11 is 0. The molecule has 9 nitrogen and oxygen atoms in total. The largest absolute Gasteiger partial charge is 0.347 e. The summed E-state index contributed by atoms with van der Waals surface area (Å²) in [7, 11) is 0. The third kappa shape index (κ3) is 8.36. The Morgan fingerprint density at radius 2 is 1.43 bits per heavy atom. The molecule has 4 bridgehead atoms. The van der Waals surface area contributed by atoms with Gasteiger partial charge in [-0.3, -0.25) is 24.0 Å². The molecule has 0 radical (unpaired) electrons. The molecule has 1 heterocycles. The van der Waals surface area contributed by atoms with E-state index in [9.17, 15) is 24.0 Å². The predicted octanol–water partition coefficient (Wildman–Crippen LogP) is 1.84. The number of benzene rings is 3. The van der Waals surface area contributed by atoms with Crippen molar-refractivity contribution in [2.24, 2.45) is 0 Å². The number of nitrogens with one attached hydrogen (secondary N) is 4. The monoisotopic (exact) mass is 540 g/mol. The Balaban J connectivity index is 1.42. The van der Waals surface area contributed by atoms with Crippen molar-refractivity contribution in [1.29, 1.82) is 0 Å². The van der Waals surface area contributed by atoms with Gasteiger partial charge in [0.2, 0.25) is 23.5 Å². The van der Waals surface area contributed by atoms with Crippen LogP contribution in [0.5, 0.6) is 0 Å². The van der Waals surface area contributed by atoms with Gasteiger partial charge in [0.15, 0.2) is 0 Å². The number of hydrogen-bond donors (Lipinski definition) is 4. The Hall–Kier alpha value is -4.79. The first-order valence-corrected chi connectivity index (χ1v) is 13.2. The fraction of sp³-hybridized carbons (Fsp3) is 0.258. The Bertz CT molecular complexity index is 1390. The van der Waals surface area contributed by atoms with Crippen LogP contribution in [0.1, 0.15) is 29.5 Å². The Kier molecular flexibility index (Phi) is 9.77. The second-order valence-electron chi connectivity index (χ2n) is 9.65. The van der Waals surface area contributed by atoms with Gasteiger partial charge in [-0.2, -0.15) is 0 Å². The molecule has 206 valence electrons. The van der Waals surface area contributed by atoms with Gasteiger partial charge in [0.05, 0.1) is 13.1 Å². The highest BCUT2D eigenvalue weighted by Gasteiger charge is 2.23. The van der Waals surface area contributed by atoms with Gasteiger partial charge in [-0.25, -0.2) is 0 Å². The summed E-state index contributed by atoms with van der Waals surface area (Å²) < 4.78 is 0. The van der Waals surface area contributed by atoms with Gasteiger partial charge >= 0.3 is 0 Å². The number of hydrogen-bond acceptors (Lipinski definition) is 5. The minimum absolute atomic E-state index is 0.188. The minimum atomic E-state index is -0.968. The lowest BCUT2D eigenvalue weighted by atomic mass is 9.97. The van der Waals surface area contributed by atoms with Crippen LogP contribution in [0.2, 0.25) is 0 Å². The van der Waals surface area contributed by atoms with E-state index in [2.05, 4.69) is 21.3 Å². The summed E-state index contributed by atoms with van der Waals surface area (Å²) in [5.41, 5.74) is 4.87. The van der Waals surface area contributed by atoms with Crippen molar-refractivity contribution < 1.29 is 24.0 Å². The number of carbonyl (C=O) groups is 5. The number of aryl methyl sites for hydroxylation is 2. The molecule has 0 fully saturated rings. The van der Waals surface area contributed by atoms with Gasteiger partial charge in [0.25, 0.3) is 5.91 Å². The summed E-state index contributed by atoms with van der Waals surface area (Å²) in [4.78, 5) is 62.4. The van der Waals surface area contributed by atoms with E-state index < -0.39 is 36.1 Å². The van der Waals surface area contributed by atoms with Crippen LogP contribution in [0.3, 0.4) is 0 Å². The predicted molar refractivity (Wildman–Crippen MR) is 150 cm³/mol. The Morgan fingerprint density at radius 1 is 0.750 bits per heavy atom. The highest BCUT2D eigenvalue weighted by atomic mass is 16.2. The molecule has 4 rings (SSSR count). The first-order valence-electron chi connectivity index (χ1n) is 13.2. The lowest BCUT2D eigenvalue weighted by Crippen LogP contribution is -2.51. The molecular formula is C31H32N4O5. The van der Waals surface area contributed by atoms with Gasteiger partial charge in [0, 0.05) is 13.0 Å². The van der Waals surface area contributed by atoms with E-state index in [0.29, 0.717) is 12.8 Å². The second-order valence-corrected chi connectivity index (χ2v) is 9.65. The summed E-state index contributed by atoms with van der Waals surface area (Å²) in [5, 5.41) is 10.3. The van der Waals surface area contributed by atoms with Crippen LogP contribution in [0, 0.1) is 0 Å². The fourth-order valence-electron chi connectivity index (χ4n) is 4.41. The molecule has 0 aromatic heterocycles. The topological polar surface area (TPSA) is 133 Å². The van der Waals surface area contributed by atoms with Crippen LogP contribution in [0.15, 0.2) is 78.9 Å². The van der Waals surface area contributed by atoms with Crippen LogP contribution in [-0.4, -0.2) is 48.5 Å². The van der Waals surface area contributed by atoms with E-state index in [1.165, 1.54) is 0 Å². The number of fused-ring (bicyclic) bond motifs is 5. The van der Waals surface area contributed by atoms with Crippen molar-refractivity contribution in [3.63, 3.8) is 0 Å². The minimum Gasteiger partial charge on any atom is -0.347 e. The first kappa shape index (κ1) is 28.2. The zero-order chi connectivity index (χ0) is 28.3. The van der Waals surface area contributed by atoms with E-state index in [4.69, 9.17) is 0 Å². The SMILES string of the molecule is O=C1CCc2cccc(c2)-c2cccc(c2)CCC(C(=O)NCC(=O)C(=O)NCc2ccccc2)NC(=O)CN1. The van der Waals surface area contributed by atoms with Crippen molar-refractivity contribution in [2.75, 3.05) is 13.1 Å². The van der Waals surface area contributed by atoms with E-state index in [1.807, 2.05) is 78.9 Å². The summed E-state index contributed by atoms with van der Waals surface area (Å²) in [6.07, 6.45) is 1.47. The third-order valence-electron chi connectivity index (χ3n) is 6.62. The molecule has 1 aliphatic heterocycles. The fourth-order valence-corrected chi connectivity index (χ4v) is 4.41. The van der Waals surface area contributed by atoms with Gasteiger partial charge in [-0.05, 0) is 47.1 Å². The van der Waals surface area contributed by atoms with E-state index >= 15 is 0 Å². The molecule has 3 aromatic carbocycles. The normalized spacial score (nSPS) is 15.8. The maximum Gasteiger partial charge on any atom is 0.289 e. The number of amides is 4. The number of ketones is 1. The molecule has 1 unspecified atom stereocenters. The molecule has 4 amide bonds. The van der Waals surface area contributed by atoms with Gasteiger partial charge in [-0.15, -0.1) is 0 Å². The molecule has 9 heteroatoms. The van der Waals surface area contributed by atoms with Crippen molar-refractivity contribution >= 4 is 29.4 Å². The van der Waals surface area contributed by atoms with Gasteiger partial charge in [0.1, 0.15) is 6.04 Å². The van der Waals surface area contributed by atoms with Crippen LogP contribution in [-0.2, 0) is 43.4 Å². The molecule has 0 aliphatic carbocycles. The van der Waals surface area contributed by atoms with E-state index in [0.717, 1.165) is 27.8 Å². The Morgan fingerprint density at radius 3 is 2.12 bits per heavy atom. The standard InChI is InChI=1S/C31H32N4O5/c36-27(31(40)33-18-23-6-2-1-3-7-23)19-34-30(39)26-14-12-21-8-4-10-24(16-21)25-11-5-9-22(17-25)13-15-28(37)32-20-29(38)35-26/h1-11,16-17,26H,12-15,18-20H2,(H,32,37)(H,33,40)(H,34,39)(H,35,38). The average Bonchev–Trinajstić information content (AvgIpc) is 2.98. The highest BCUT2D eigenvalue weighted by Crippen LogP contribution is 2.23. The number of Topliss-reactive ketones (excluding diaryl/α,β-unsaturated/α-hetero) is 1. The summed E-state index contributed by atoms with van der Waals surface area (Å²) in [5.74, 6) is -3.00. The second kappa shape index (κ2) is 13.8. The molecule has 1 atom stereocenters. The number of rotatable bonds is 6. The summed E-state index contributed by atoms with van der Waals surface area (Å²) in [6.45, 7) is -0.597. The molecule has 40 heavy (non-hydrogen) atoms. The van der Waals surface area contributed by atoms with Crippen molar-refractivity contribution in [3.05, 3.63) is 95.6 Å². The van der Waals surface area contributed by atoms with Crippen LogP contribution in [0.25, 0.3) is 11.1 Å². The molecule has 4 N–H and O–H groups in total. The van der Waals surface area contributed by atoms with Crippen LogP contribution in [0.4, 0.5) is 0 Å². The summed E-state index contributed by atoms with van der Waals surface area (Å²) in [6, 6.07) is 24.1. The molecule has 0 saturated heterocycles. The third-order valence-corrected chi connectivity index (χ3v) is 6.62. The number of carbonyl (C=O) groups excluding carboxylic acids is 5. The maximum atomic E-state index is 13.0. The zero-order valence-corrected chi connectivity index (χ0v) is 22.1.